The van der Waals surface area contributed by atoms with Gasteiger partial charge in [-0.05, 0) is 38.1 Å². The maximum absolute atomic E-state index is 5.91. The topological polar surface area (TPSA) is 39.7 Å². The van der Waals surface area contributed by atoms with E-state index < -0.39 is 0 Å². The van der Waals surface area contributed by atoms with Gasteiger partial charge in [-0.1, -0.05) is 13.0 Å². The van der Waals surface area contributed by atoms with Crippen LogP contribution in [0.2, 0.25) is 0 Å². The molecule has 1 aromatic rings. The van der Waals surface area contributed by atoms with E-state index in [2.05, 4.69) is 25.2 Å². The second kappa shape index (κ2) is 8.82. The molecule has 114 valence electrons. The summed E-state index contributed by atoms with van der Waals surface area (Å²) in [5, 5.41) is 3.39. The molecule has 0 fully saturated rings. The summed E-state index contributed by atoms with van der Waals surface area (Å²) in [5.41, 5.74) is 1.19. The van der Waals surface area contributed by atoms with E-state index in [1.165, 1.54) is 5.56 Å². The molecule has 20 heavy (non-hydrogen) atoms. The molecule has 0 saturated heterocycles. The fourth-order valence-corrected chi connectivity index (χ4v) is 2.03. The largest absolute Gasteiger partial charge is 0.493 e. The molecule has 0 spiro atoms. The Balaban J connectivity index is 2.77. The molecule has 0 aliphatic rings. The van der Waals surface area contributed by atoms with E-state index in [0.29, 0.717) is 12.6 Å². The van der Waals surface area contributed by atoms with Crippen LogP contribution in [0.5, 0.6) is 11.5 Å². The van der Waals surface area contributed by atoms with E-state index in [9.17, 15) is 0 Å². The second-order valence-electron chi connectivity index (χ2n) is 4.90. The van der Waals surface area contributed by atoms with E-state index >= 15 is 0 Å². The summed E-state index contributed by atoms with van der Waals surface area (Å²) in [7, 11) is 3.37. The van der Waals surface area contributed by atoms with Crippen LogP contribution in [0.4, 0.5) is 0 Å². The minimum atomic E-state index is 0.0980. The Kier molecular flexibility index (Phi) is 7.41. The van der Waals surface area contributed by atoms with Crippen molar-refractivity contribution in [2.45, 2.75) is 39.3 Å². The average Bonchev–Trinajstić information content (AvgIpc) is 2.45. The van der Waals surface area contributed by atoms with Crippen molar-refractivity contribution in [2.75, 3.05) is 27.4 Å². The van der Waals surface area contributed by atoms with Gasteiger partial charge in [0.2, 0.25) is 0 Å². The Morgan fingerprint density at radius 1 is 1.15 bits per heavy atom. The molecule has 1 rings (SSSR count). The third kappa shape index (κ3) is 5.02. The fraction of sp³-hybridized carbons (Fsp3) is 0.625. The van der Waals surface area contributed by atoms with Gasteiger partial charge in [-0.3, -0.25) is 0 Å². The highest BCUT2D eigenvalue weighted by atomic mass is 16.5. The lowest BCUT2D eigenvalue weighted by atomic mass is 10.1. The third-order valence-corrected chi connectivity index (χ3v) is 3.25. The minimum absolute atomic E-state index is 0.0980. The lowest BCUT2D eigenvalue weighted by Crippen LogP contribution is -2.18. The first kappa shape index (κ1) is 16.8. The molecule has 0 bridgehead atoms. The summed E-state index contributed by atoms with van der Waals surface area (Å²) in [6.45, 7) is 7.91. The monoisotopic (exact) mass is 281 g/mol. The van der Waals surface area contributed by atoms with Crippen molar-refractivity contribution in [2.24, 2.45) is 0 Å². The van der Waals surface area contributed by atoms with E-state index in [-0.39, 0.29) is 6.10 Å². The maximum Gasteiger partial charge on any atom is 0.161 e. The Morgan fingerprint density at radius 3 is 2.50 bits per heavy atom. The summed E-state index contributed by atoms with van der Waals surface area (Å²) in [6.07, 6.45) is 0.954. The number of hydrogen-bond donors (Lipinski definition) is 1. The summed E-state index contributed by atoms with van der Waals surface area (Å²) in [6, 6.07) is 6.39. The summed E-state index contributed by atoms with van der Waals surface area (Å²) < 4.78 is 16.4. The lowest BCUT2D eigenvalue weighted by molar-refractivity contribution is 0.132. The van der Waals surface area contributed by atoms with E-state index in [4.69, 9.17) is 14.2 Å². The molecule has 0 amide bonds. The molecular weight excluding hydrogens is 254 g/mol. The minimum Gasteiger partial charge on any atom is -0.493 e. The lowest BCUT2D eigenvalue weighted by Gasteiger charge is -2.19. The molecule has 0 heterocycles. The predicted molar refractivity (Wildman–Crippen MR) is 81.7 cm³/mol. The van der Waals surface area contributed by atoms with Crippen LogP contribution in [-0.4, -0.2) is 33.5 Å². The highest BCUT2D eigenvalue weighted by Gasteiger charge is 2.12. The Hall–Kier alpha value is -1.26. The van der Waals surface area contributed by atoms with Crippen molar-refractivity contribution >= 4 is 0 Å². The maximum atomic E-state index is 5.91. The van der Waals surface area contributed by atoms with Crippen LogP contribution in [0.1, 0.15) is 38.8 Å². The molecule has 4 heteroatoms. The molecule has 4 nitrogen and oxygen atoms in total. The smallest absolute Gasteiger partial charge is 0.161 e. The van der Waals surface area contributed by atoms with Crippen molar-refractivity contribution in [3.8, 4) is 11.5 Å². The number of nitrogens with one attached hydrogen (secondary N) is 1. The van der Waals surface area contributed by atoms with E-state index in [1.807, 2.05) is 19.1 Å². The third-order valence-electron chi connectivity index (χ3n) is 3.25. The molecule has 1 N–H and O–H groups in total. The predicted octanol–water partition coefficient (Wildman–Crippen LogP) is 3.17. The SMILES string of the molecule is CCNC(C)c1ccc(OC(C)CCOC)c(OC)c1. The zero-order valence-corrected chi connectivity index (χ0v) is 13.2. The van der Waals surface area contributed by atoms with Gasteiger partial charge in [0.05, 0.1) is 13.2 Å². The van der Waals surface area contributed by atoms with Crippen molar-refractivity contribution in [3.63, 3.8) is 0 Å². The number of rotatable bonds is 9. The first-order chi connectivity index (χ1) is 9.62. The zero-order chi connectivity index (χ0) is 15.0. The molecule has 0 aliphatic heterocycles. The Morgan fingerprint density at radius 2 is 1.90 bits per heavy atom. The fourth-order valence-electron chi connectivity index (χ4n) is 2.03. The average molecular weight is 281 g/mol. The van der Waals surface area contributed by atoms with Crippen molar-refractivity contribution in [3.05, 3.63) is 23.8 Å². The van der Waals surface area contributed by atoms with Crippen LogP contribution in [0.3, 0.4) is 0 Å². The van der Waals surface area contributed by atoms with Crippen LogP contribution in [0.25, 0.3) is 0 Å². The first-order valence-electron chi connectivity index (χ1n) is 7.19. The number of benzene rings is 1. The molecule has 0 aromatic heterocycles. The van der Waals surface area contributed by atoms with Crippen LogP contribution in [0, 0.1) is 0 Å². The van der Waals surface area contributed by atoms with Gasteiger partial charge in [0, 0.05) is 26.2 Å². The Bertz CT molecular complexity index is 395. The highest BCUT2D eigenvalue weighted by molar-refractivity contribution is 5.43. The standard InChI is InChI=1S/C16H27NO3/c1-6-17-13(3)14-7-8-15(16(11-14)19-5)20-12(2)9-10-18-4/h7-8,11-13,17H,6,9-10H2,1-5H3. The van der Waals surface area contributed by atoms with Gasteiger partial charge < -0.3 is 19.5 Å². The molecule has 2 unspecified atom stereocenters. The van der Waals surface area contributed by atoms with Crippen LogP contribution in [0.15, 0.2) is 18.2 Å². The van der Waals surface area contributed by atoms with Gasteiger partial charge in [0.15, 0.2) is 11.5 Å². The zero-order valence-electron chi connectivity index (χ0n) is 13.2. The number of ether oxygens (including phenoxy) is 3. The summed E-state index contributed by atoms with van der Waals surface area (Å²) in [4.78, 5) is 0. The van der Waals surface area contributed by atoms with Crippen LogP contribution >= 0.6 is 0 Å². The number of methoxy groups -OCH3 is 2. The van der Waals surface area contributed by atoms with Gasteiger partial charge in [0.1, 0.15) is 0 Å². The van der Waals surface area contributed by atoms with Gasteiger partial charge in [0.25, 0.3) is 0 Å². The summed E-state index contributed by atoms with van der Waals surface area (Å²) in [5.74, 6) is 1.56. The molecule has 0 radical (unpaired) electrons. The molecule has 0 saturated carbocycles. The van der Waals surface area contributed by atoms with E-state index in [1.54, 1.807) is 14.2 Å². The van der Waals surface area contributed by atoms with Gasteiger partial charge in [-0.25, -0.2) is 0 Å². The van der Waals surface area contributed by atoms with Crippen LogP contribution < -0.4 is 14.8 Å². The van der Waals surface area contributed by atoms with E-state index in [0.717, 1.165) is 24.5 Å². The van der Waals surface area contributed by atoms with Crippen LogP contribution in [-0.2, 0) is 4.74 Å². The van der Waals surface area contributed by atoms with Crippen molar-refractivity contribution < 1.29 is 14.2 Å². The van der Waals surface area contributed by atoms with Crippen molar-refractivity contribution in [1.29, 1.82) is 0 Å². The number of hydrogen-bond acceptors (Lipinski definition) is 4. The van der Waals surface area contributed by atoms with Gasteiger partial charge in [-0.15, -0.1) is 0 Å². The molecule has 0 aliphatic carbocycles. The van der Waals surface area contributed by atoms with Crippen molar-refractivity contribution in [1.82, 2.24) is 5.32 Å². The molecule has 2 atom stereocenters. The molecular formula is C16H27NO3. The first-order valence-corrected chi connectivity index (χ1v) is 7.19. The van der Waals surface area contributed by atoms with Gasteiger partial charge >= 0.3 is 0 Å². The Labute approximate surface area is 122 Å². The molecule has 1 aromatic carbocycles. The highest BCUT2D eigenvalue weighted by Crippen LogP contribution is 2.31. The van der Waals surface area contributed by atoms with Gasteiger partial charge in [-0.2, -0.15) is 0 Å². The summed E-state index contributed by atoms with van der Waals surface area (Å²) >= 11 is 0. The second-order valence-corrected chi connectivity index (χ2v) is 4.90. The quantitative estimate of drug-likeness (QED) is 0.754. The normalized spacial score (nSPS) is 13.8.